The fourth-order valence-electron chi connectivity index (χ4n) is 4.14. The summed E-state index contributed by atoms with van der Waals surface area (Å²) in [5.41, 5.74) is 3.25. The minimum atomic E-state index is -0.515. The largest absolute Gasteiger partial charge is 0.464 e. The van der Waals surface area contributed by atoms with Crippen LogP contribution in [0, 0.1) is 18.3 Å². The van der Waals surface area contributed by atoms with E-state index < -0.39 is 6.03 Å². The monoisotopic (exact) mass is 520 g/mol. The van der Waals surface area contributed by atoms with Crippen molar-refractivity contribution in [3.05, 3.63) is 124 Å². The first kappa shape index (κ1) is 26.9. The highest BCUT2D eigenvalue weighted by Gasteiger charge is 2.23. The molecule has 3 amide bonds. The predicted octanol–water partition coefficient (Wildman–Crippen LogP) is 5.22. The lowest BCUT2D eigenvalue weighted by atomic mass is 10.1. The Morgan fingerprint density at radius 1 is 1.03 bits per heavy atom. The fourth-order valence-corrected chi connectivity index (χ4v) is 4.14. The number of nitrogens with one attached hydrogen (secondary N) is 1. The average Bonchev–Trinajstić information content (AvgIpc) is 2.94. The van der Waals surface area contributed by atoms with E-state index in [4.69, 9.17) is 9.68 Å². The molecular formula is C31H28N4O4. The van der Waals surface area contributed by atoms with Gasteiger partial charge in [-0.2, -0.15) is 5.26 Å². The van der Waals surface area contributed by atoms with Crippen molar-refractivity contribution in [2.24, 2.45) is 0 Å². The highest BCUT2D eigenvalue weighted by atomic mass is 16.3. The molecule has 0 fully saturated rings. The molecule has 8 heteroatoms. The molecule has 3 aromatic carbocycles. The van der Waals surface area contributed by atoms with Gasteiger partial charge in [-0.1, -0.05) is 54.1 Å². The van der Waals surface area contributed by atoms with E-state index in [-0.39, 0.29) is 37.5 Å². The number of rotatable bonds is 9. The number of aryl methyl sites for hydroxylation is 1. The van der Waals surface area contributed by atoms with Gasteiger partial charge in [0.25, 0.3) is 0 Å². The van der Waals surface area contributed by atoms with E-state index in [1.165, 1.54) is 22.1 Å². The third-order valence-corrected chi connectivity index (χ3v) is 6.14. The van der Waals surface area contributed by atoms with Crippen LogP contribution >= 0.6 is 0 Å². The van der Waals surface area contributed by atoms with Crippen LogP contribution in [0.1, 0.15) is 22.3 Å². The zero-order chi connectivity index (χ0) is 27.8. The van der Waals surface area contributed by atoms with E-state index in [0.717, 1.165) is 11.1 Å². The third-order valence-electron chi connectivity index (χ3n) is 6.14. The standard InChI is InChI=1S/C31H28N4O4/c1-3-14-34(31(38)33-26-11-7-10-24(16-26)17-32)20-29(36)35(18-23-8-5-4-6-9-23)19-25-21-39-28-13-12-22(2)15-27(28)30(25)37/h3-13,15-16,21H,1,14,18-20H2,2H3,(H,33,38). The van der Waals surface area contributed by atoms with Crippen molar-refractivity contribution in [2.75, 3.05) is 18.4 Å². The molecule has 4 rings (SSSR count). The van der Waals surface area contributed by atoms with Gasteiger partial charge in [0, 0.05) is 18.8 Å². The molecule has 0 radical (unpaired) electrons. The van der Waals surface area contributed by atoms with Crippen LogP contribution in [-0.4, -0.2) is 34.8 Å². The maximum atomic E-state index is 13.6. The quantitative estimate of drug-likeness (QED) is 0.305. The van der Waals surface area contributed by atoms with Crippen LogP contribution in [0.2, 0.25) is 0 Å². The van der Waals surface area contributed by atoms with Crippen LogP contribution < -0.4 is 10.7 Å². The summed E-state index contributed by atoms with van der Waals surface area (Å²) >= 11 is 0. The highest BCUT2D eigenvalue weighted by Crippen LogP contribution is 2.16. The molecule has 0 atom stereocenters. The second-order valence-electron chi connectivity index (χ2n) is 9.12. The lowest BCUT2D eigenvalue weighted by Crippen LogP contribution is -2.44. The maximum absolute atomic E-state index is 13.6. The molecule has 196 valence electrons. The minimum absolute atomic E-state index is 0.00764. The molecule has 39 heavy (non-hydrogen) atoms. The summed E-state index contributed by atoms with van der Waals surface area (Å²) in [6.45, 7) is 5.71. The highest BCUT2D eigenvalue weighted by molar-refractivity contribution is 5.92. The van der Waals surface area contributed by atoms with Gasteiger partial charge in [0.2, 0.25) is 5.91 Å². The van der Waals surface area contributed by atoms with Crippen molar-refractivity contribution in [3.63, 3.8) is 0 Å². The van der Waals surface area contributed by atoms with E-state index >= 15 is 0 Å². The van der Waals surface area contributed by atoms with E-state index in [1.807, 2.05) is 49.4 Å². The smallest absolute Gasteiger partial charge is 0.322 e. The van der Waals surface area contributed by atoms with Crippen LogP contribution in [0.25, 0.3) is 11.0 Å². The number of nitriles is 1. The first-order valence-electron chi connectivity index (χ1n) is 12.4. The van der Waals surface area contributed by atoms with E-state index in [2.05, 4.69) is 11.9 Å². The van der Waals surface area contributed by atoms with Gasteiger partial charge in [0.15, 0.2) is 5.43 Å². The number of urea groups is 1. The summed E-state index contributed by atoms with van der Waals surface area (Å²) in [5.74, 6) is -0.356. The first-order chi connectivity index (χ1) is 18.9. The van der Waals surface area contributed by atoms with Crippen molar-refractivity contribution in [3.8, 4) is 6.07 Å². The topological polar surface area (TPSA) is 107 Å². The molecular weight excluding hydrogens is 492 g/mol. The maximum Gasteiger partial charge on any atom is 0.322 e. The van der Waals surface area contributed by atoms with Gasteiger partial charge in [0.1, 0.15) is 12.1 Å². The molecule has 0 bridgehead atoms. The van der Waals surface area contributed by atoms with Crippen molar-refractivity contribution in [1.29, 1.82) is 5.26 Å². The number of hydrogen-bond donors (Lipinski definition) is 1. The van der Waals surface area contributed by atoms with E-state index in [1.54, 1.807) is 36.4 Å². The molecule has 0 spiro atoms. The number of benzene rings is 3. The van der Waals surface area contributed by atoms with Gasteiger partial charge in [-0.05, 0) is 42.8 Å². The Hall–Kier alpha value is -5.16. The van der Waals surface area contributed by atoms with Gasteiger partial charge < -0.3 is 19.5 Å². The van der Waals surface area contributed by atoms with Gasteiger partial charge in [-0.15, -0.1) is 6.58 Å². The summed E-state index contributed by atoms with van der Waals surface area (Å²) in [6, 6.07) is 22.8. The molecule has 0 saturated carbocycles. The van der Waals surface area contributed by atoms with Crippen LogP contribution in [-0.2, 0) is 17.9 Å². The molecule has 8 nitrogen and oxygen atoms in total. The number of carbonyl (C=O) groups is 2. The van der Waals surface area contributed by atoms with E-state index in [9.17, 15) is 14.4 Å². The first-order valence-corrected chi connectivity index (χ1v) is 12.4. The molecule has 1 aromatic heterocycles. The Kier molecular flexibility index (Phi) is 8.54. The predicted molar refractivity (Wildman–Crippen MR) is 150 cm³/mol. The Labute approximate surface area is 226 Å². The van der Waals surface area contributed by atoms with Crippen molar-refractivity contribution in [2.45, 2.75) is 20.0 Å². The van der Waals surface area contributed by atoms with Crippen molar-refractivity contribution in [1.82, 2.24) is 9.80 Å². The average molecular weight is 521 g/mol. The zero-order valence-electron chi connectivity index (χ0n) is 21.6. The van der Waals surface area contributed by atoms with Gasteiger partial charge >= 0.3 is 6.03 Å². The second kappa shape index (κ2) is 12.4. The molecule has 0 aliphatic heterocycles. The summed E-state index contributed by atoms with van der Waals surface area (Å²) in [6.07, 6.45) is 2.92. The molecule has 0 unspecified atom stereocenters. The van der Waals surface area contributed by atoms with Crippen LogP contribution in [0.4, 0.5) is 10.5 Å². The zero-order valence-corrected chi connectivity index (χ0v) is 21.6. The van der Waals surface area contributed by atoms with Crippen molar-refractivity contribution >= 4 is 28.6 Å². The van der Waals surface area contributed by atoms with Crippen LogP contribution in [0.3, 0.4) is 0 Å². The third kappa shape index (κ3) is 6.79. The van der Waals surface area contributed by atoms with Gasteiger partial charge in [-0.3, -0.25) is 9.59 Å². The Balaban J connectivity index is 1.59. The summed E-state index contributed by atoms with van der Waals surface area (Å²) in [5, 5.41) is 12.3. The minimum Gasteiger partial charge on any atom is -0.464 e. The number of anilines is 1. The van der Waals surface area contributed by atoms with Crippen LogP contribution in [0.15, 0.2) is 101 Å². The Bertz CT molecular complexity index is 1600. The lowest BCUT2D eigenvalue weighted by molar-refractivity contribution is -0.133. The summed E-state index contributed by atoms with van der Waals surface area (Å²) < 4.78 is 5.70. The molecule has 0 aliphatic carbocycles. The number of hydrogen-bond acceptors (Lipinski definition) is 5. The number of nitrogens with zero attached hydrogens (tertiary/aromatic N) is 3. The van der Waals surface area contributed by atoms with Crippen LogP contribution in [0.5, 0.6) is 0 Å². The van der Waals surface area contributed by atoms with Gasteiger partial charge in [-0.25, -0.2) is 4.79 Å². The Morgan fingerprint density at radius 3 is 2.56 bits per heavy atom. The normalized spacial score (nSPS) is 10.5. The number of amides is 3. The summed E-state index contributed by atoms with van der Waals surface area (Å²) in [7, 11) is 0. The Morgan fingerprint density at radius 2 is 1.82 bits per heavy atom. The molecule has 4 aromatic rings. The van der Waals surface area contributed by atoms with Crippen molar-refractivity contribution < 1.29 is 14.0 Å². The van der Waals surface area contributed by atoms with Gasteiger partial charge in [0.05, 0.1) is 35.4 Å². The fraction of sp³-hybridized carbons (Fsp3) is 0.161. The lowest BCUT2D eigenvalue weighted by Gasteiger charge is -2.27. The molecule has 1 heterocycles. The van der Waals surface area contributed by atoms with E-state index in [0.29, 0.717) is 27.8 Å². The molecule has 0 saturated heterocycles. The SMILES string of the molecule is C=CCN(CC(=O)N(Cc1ccccc1)Cc1coc2ccc(C)cc2c1=O)C(=O)Nc1cccc(C#N)c1. The molecule has 0 aliphatic rings. The second-order valence-corrected chi connectivity index (χ2v) is 9.12. The number of carbonyl (C=O) groups excluding carboxylic acids is 2. The number of fused-ring (bicyclic) bond motifs is 1. The summed E-state index contributed by atoms with van der Waals surface area (Å²) in [4.78, 5) is 42.8. The molecule has 1 N–H and O–H groups in total.